The van der Waals surface area contributed by atoms with E-state index in [1.165, 1.54) is 23.3 Å². The van der Waals surface area contributed by atoms with Crippen LogP contribution in [-0.2, 0) is 11.3 Å². The average molecular weight is 471 g/mol. The normalized spacial score (nSPS) is 12.1. The van der Waals surface area contributed by atoms with Gasteiger partial charge in [-0.25, -0.2) is 4.39 Å². The molecule has 0 aliphatic carbocycles. The summed E-state index contributed by atoms with van der Waals surface area (Å²) < 4.78 is 16.1. The molecule has 0 aliphatic rings. The van der Waals surface area contributed by atoms with E-state index in [1.807, 2.05) is 23.1 Å². The first kappa shape index (κ1) is 24.7. The second-order valence-corrected chi connectivity index (χ2v) is 9.40. The fourth-order valence-electron chi connectivity index (χ4n) is 4.88. The van der Waals surface area contributed by atoms with Gasteiger partial charge >= 0.3 is 0 Å². The van der Waals surface area contributed by atoms with Crippen LogP contribution in [0.4, 0.5) is 4.39 Å². The Hall–Kier alpha value is -3.40. The van der Waals surface area contributed by atoms with Crippen molar-refractivity contribution < 1.29 is 9.18 Å². The molecule has 0 spiro atoms. The summed E-state index contributed by atoms with van der Waals surface area (Å²) in [5, 5.41) is 1.14. The zero-order valence-electron chi connectivity index (χ0n) is 21.0. The second-order valence-electron chi connectivity index (χ2n) is 9.40. The van der Waals surface area contributed by atoms with E-state index in [1.54, 1.807) is 0 Å². The number of para-hydroxylation sites is 1. The van der Waals surface area contributed by atoms with Crippen molar-refractivity contribution in [2.45, 2.75) is 52.5 Å². The average Bonchev–Trinajstić information content (AvgIpc) is 3.22. The van der Waals surface area contributed by atoms with Crippen LogP contribution in [0.25, 0.3) is 10.9 Å². The number of carbonyl (C=O) groups is 1. The predicted octanol–water partition coefficient (Wildman–Crippen LogP) is 7.31. The zero-order valence-corrected chi connectivity index (χ0v) is 21.0. The molecule has 0 N–H and O–H groups in total. The molecule has 4 aromatic rings. The van der Waals surface area contributed by atoms with Crippen LogP contribution in [0.5, 0.6) is 0 Å². The van der Waals surface area contributed by atoms with Crippen molar-refractivity contribution in [2.24, 2.45) is 0 Å². The Labute approximate surface area is 208 Å². The molecule has 35 heavy (non-hydrogen) atoms. The van der Waals surface area contributed by atoms with E-state index < -0.39 is 0 Å². The maximum absolute atomic E-state index is 13.8. The molecule has 3 nitrogen and oxygen atoms in total. The smallest absolute Gasteiger partial charge is 0.223 e. The number of halogens is 1. The van der Waals surface area contributed by atoms with Crippen molar-refractivity contribution in [3.8, 4) is 0 Å². The Morgan fingerprint density at radius 2 is 1.57 bits per heavy atom. The van der Waals surface area contributed by atoms with Crippen LogP contribution in [0, 0.1) is 12.7 Å². The molecule has 0 unspecified atom stereocenters. The van der Waals surface area contributed by atoms with Gasteiger partial charge in [-0.15, -0.1) is 0 Å². The van der Waals surface area contributed by atoms with Gasteiger partial charge in [-0.2, -0.15) is 0 Å². The number of rotatable bonds is 10. The molecule has 0 saturated heterocycles. The molecule has 0 aliphatic heterocycles. The topological polar surface area (TPSA) is 25.2 Å². The molecular formula is C31H35FN2O. The Bertz CT molecular complexity index is 1250. The minimum Gasteiger partial charge on any atom is -0.343 e. The zero-order chi connectivity index (χ0) is 24.8. The van der Waals surface area contributed by atoms with E-state index >= 15 is 0 Å². The molecule has 182 valence electrons. The van der Waals surface area contributed by atoms with Gasteiger partial charge in [-0.3, -0.25) is 4.79 Å². The number of hydrogen-bond donors (Lipinski definition) is 0. The van der Waals surface area contributed by atoms with Crippen LogP contribution in [-0.4, -0.2) is 28.5 Å². The standard InChI is InChI=1S/C31H35FN2O/c1-4-18-33(19-5-2)31(35)20-28(25-14-16-26(32)17-15-25)29-22-34(30-9-7-6-8-27(29)30)21-24-12-10-23(3)11-13-24/h6-17,22,28H,4-5,18-21H2,1-3H3/t28-/m1/s1. The van der Waals surface area contributed by atoms with Gasteiger partial charge in [0.15, 0.2) is 0 Å². The van der Waals surface area contributed by atoms with Crippen molar-refractivity contribution in [2.75, 3.05) is 13.1 Å². The highest BCUT2D eigenvalue weighted by atomic mass is 19.1. The Morgan fingerprint density at radius 1 is 0.914 bits per heavy atom. The van der Waals surface area contributed by atoms with Crippen molar-refractivity contribution in [1.82, 2.24) is 9.47 Å². The van der Waals surface area contributed by atoms with Gasteiger partial charge in [0.05, 0.1) is 0 Å². The second kappa shape index (κ2) is 11.4. The summed E-state index contributed by atoms with van der Waals surface area (Å²) >= 11 is 0. The first-order valence-electron chi connectivity index (χ1n) is 12.7. The van der Waals surface area contributed by atoms with Crippen LogP contribution in [0.3, 0.4) is 0 Å². The molecular weight excluding hydrogens is 435 g/mol. The highest BCUT2D eigenvalue weighted by molar-refractivity contribution is 5.87. The maximum Gasteiger partial charge on any atom is 0.223 e. The number of benzene rings is 3. The van der Waals surface area contributed by atoms with Crippen LogP contribution in [0.2, 0.25) is 0 Å². The third-order valence-corrected chi connectivity index (χ3v) is 6.66. The number of nitrogens with zero attached hydrogens (tertiary/aromatic N) is 2. The van der Waals surface area contributed by atoms with Gasteiger partial charge in [0, 0.05) is 49.1 Å². The molecule has 3 aromatic carbocycles. The monoisotopic (exact) mass is 470 g/mol. The van der Waals surface area contributed by atoms with Gasteiger partial charge in [-0.05, 0) is 54.7 Å². The van der Waals surface area contributed by atoms with Gasteiger partial charge in [0.2, 0.25) is 5.91 Å². The lowest BCUT2D eigenvalue weighted by Gasteiger charge is -2.25. The fraction of sp³-hybridized carbons (Fsp3) is 0.323. The SMILES string of the molecule is CCCN(CCC)C(=O)C[C@H](c1ccc(F)cc1)c1cn(Cc2ccc(C)cc2)c2ccccc12. The molecule has 1 aromatic heterocycles. The Morgan fingerprint density at radius 3 is 2.23 bits per heavy atom. The minimum absolute atomic E-state index is 0.150. The number of fused-ring (bicyclic) bond motifs is 1. The first-order valence-corrected chi connectivity index (χ1v) is 12.7. The molecule has 0 bridgehead atoms. The number of amides is 1. The van der Waals surface area contributed by atoms with Crippen LogP contribution >= 0.6 is 0 Å². The first-order chi connectivity index (χ1) is 17.0. The Kier molecular flexibility index (Phi) is 8.02. The fourth-order valence-corrected chi connectivity index (χ4v) is 4.88. The summed E-state index contributed by atoms with van der Waals surface area (Å²) in [5.41, 5.74) is 5.69. The molecule has 0 radical (unpaired) electrons. The maximum atomic E-state index is 13.8. The summed E-state index contributed by atoms with van der Waals surface area (Å²) in [6.07, 6.45) is 4.42. The van der Waals surface area contributed by atoms with Gasteiger partial charge in [0.1, 0.15) is 5.82 Å². The van der Waals surface area contributed by atoms with Gasteiger partial charge < -0.3 is 9.47 Å². The van der Waals surface area contributed by atoms with Crippen LogP contribution in [0.1, 0.15) is 61.3 Å². The third-order valence-electron chi connectivity index (χ3n) is 6.66. The number of aryl methyl sites for hydroxylation is 1. The lowest BCUT2D eigenvalue weighted by atomic mass is 9.87. The summed E-state index contributed by atoms with van der Waals surface area (Å²) in [5.74, 6) is -0.263. The quantitative estimate of drug-likeness (QED) is 0.239. The summed E-state index contributed by atoms with van der Waals surface area (Å²) in [6.45, 7) is 8.58. The molecule has 1 heterocycles. The largest absolute Gasteiger partial charge is 0.343 e. The molecule has 1 amide bonds. The van der Waals surface area contributed by atoms with E-state index in [9.17, 15) is 9.18 Å². The van der Waals surface area contributed by atoms with Crippen LogP contribution < -0.4 is 0 Å². The van der Waals surface area contributed by atoms with Crippen molar-refractivity contribution in [3.05, 3.63) is 107 Å². The van der Waals surface area contributed by atoms with E-state index in [0.717, 1.165) is 54.5 Å². The van der Waals surface area contributed by atoms with E-state index in [0.29, 0.717) is 6.42 Å². The van der Waals surface area contributed by atoms with Crippen LogP contribution in [0.15, 0.2) is 79.0 Å². The number of carbonyl (C=O) groups excluding carboxylic acids is 1. The highest BCUT2D eigenvalue weighted by Crippen LogP contribution is 2.35. The van der Waals surface area contributed by atoms with E-state index in [2.05, 4.69) is 74.0 Å². The Balaban J connectivity index is 1.77. The lowest BCUT2D eigenvalue weighted by molar-refractivity contribution is -0.131. The molecule has 0 saturated carbocycles. The van der Waals surface area contributed by atoms with Gasteiger partial charge in [0.25, 0.3) is 0 Å². The predicted molar refractivity (Wildman–Crippen MR) is 142 cm³/mol. The van der Waals surface area contributed by atoms with Crippen molar-refractivity contribution >= 4 is 16.8 Å². The highest BCUT2D eigenvalue weighted by Gasteiger charge is 2.25. The van der Waals surface area contributed by atoms with Gasteiger partial charge in [-0.1, -0.05) is 74.0 Å². The molecule has 0 fully saturated rings. The van der Waals surface area contributed by atoms with Crippen molar-refractivity contribution in [3.63, 3.8) is 0 Å². The minimum atomic E-state index is -0.265. The van der Waals surface area contributed by atoms with E-state index in [4.69, 9.17) is 0 Å². The number of aromatic nitrogens is 1. The van der Waals surface area contributed by atoms with E-state index in [-0.39, 0.29) is 17.6 Å². The molecule has 1 atom stereocenters. The molecule has 4 heteroatoms. The molecule has 4 rings (SSSR count). The summed E-state index contributed by atoms with van der Waals surface area (Å²) in [4.78, 5) is 15.4. The number of hydrogen-bond acceptors (Lipinski definition) is 1. The third kappa shape index (κ3) is 5.82. The summed E-state index contributed by atoms with van der Waals surface area (Å²) in [6, 6.07) is 23.6. The lowest BCUT2D eigenvalue weighted by Crippen LogP contribution is -2.33. The summed E-state index contributed by atoms with van der Waals surface area (Å²) in [7, 11) is 0. The van der Waals surface area contributed by atoms with Crippen molar-refractivity contribution in [1.29, 1.82) is 0 Å².